The minimum Gasteiger partial charge on any atom is -0.497 e. The first-order chi connectivity index (χ1) is 9.21. The lowest BCUT2D eigenvalue weighted by Crippen LogP contribution is -2.36. The van der Waals surface area contributed by atoms with Gasteiger partial charge in [0.1, 0.15) is 5.75 Å². The first-order valence-corrected chi connectivity index (χ1v) is 6.22. The molecule has 1 aliphatic rings. The van der Waals surface area contributed by atoms with Crippen molar-refractivity contribution in [2.24, 2.45) is 5.92 Å². The van der Waals surface area contributed by atoms with Gasteiger partial charge in [0.2, 0.25) is 0 Å². The Kier molecular flexibility index (Phi) is 4.41. The molecule has 0 saturated carbocycles. The third-order valence-corrected chi connectivity index (χ3v) is 3.05. The highest BCUT2D eigenvalue weighted by atomic mass is 16.5. The summed E-state index contributed by atoms with van der Waals surface area (Å²) >= 11 is 0. The maximum absolute atomic E-state index is 11.8. The fourth-order valence-corrected chi connectivity index (χ4v) is 2.05. The van der Waals surface area contributed by atoms with Gasteiger partial charge in [-0.15, -0.1) is 0 Å². The maximum Gasteiger partial charge on any atom is 0.319 e. The van der Waals surface area contributed by atoms with Crippen LogP contribution in [0.1, 0.15) is 6.42 Å². The highest BCUT2D eigenvalue weighted by molar-refractivity contribution is 5.89. The van der Waals surface area contributed by atoms with E-state index < -0.39 is 0 Å². The third-order valence-electron chi connectivity index (χ3n) is 3.05. The molecule has 5 heteroatoms. The summed E-state index contributed by atoms with van der Waals surface area (Å²) in [5.41, 5.74) is 0.678. The number of carbonyl (C=O) groups is 1. The van der Waals surface area contributed by atoms with Crippen molar-refractivity contribution in [2.75, 3.05) is 19.0 Å². The van der Waals surface area contributed by atoms with E-state index in [0.29, 0.717) is 11.4 Å². The van der Waals surface area contributed by atoms with Crippen LogP contribution in [0.3, 0.4) is 0 Å². The summed E-state index contributed by atoms with van der Waals surface area (Å²) in [5, 5.41) is 14.6. The average molecular weight is 262 g/mol. The Labute approximate surface area is 112 Å². The second-order valence-electron chi connectivity index (χ2n) is 4.50. The smallest absolute Gasteiger partial charge is 0.319 e. The number of amides is 2. The fraction of sp³-hybridized carbons (Fsp3) is 0.357. The SMILES string of the molecule is COc1cccc(NC(=O)N[C@@H]2C=C[C@H](CO)C2)c1. The van der Waals surface area contributed by atoms with Gasteiger partial charge >= 0.3 is 6.03 Å². The van der Waals surface area contributed by atoms with E-state index in [2.05, 4.69) is 10.6 Å². The lowest BCUT2D eigenvalue weighted by atomic mass is 10.1. The van der Waals surface area contributed by atoms with Gasteiger partial charge in [0.15, 0.2) is 0 Å². The van der Waals surface area contributed by atoms with Crippen LogP contribution < -0.4 is 15.4 Å². The van der Waals surface area contributed by atoms with E-state index in [4.69, 9.17) is 9.84 Å². The summed E-state index contributed by atoms with van der Waals surface area (Å²) in [7, 11) is 1.58. The maximum atomic E-state index is 11.8. The number of urea groups is 1. The Morgan fingerprint density at radius 1 is 1.47 bits per heavy atom. The molecular formula is C14H18N2O3. The molecule has 0 radical (unpaired) electrons. The monoisotopic (exact) mass is 262 g/mol. The predicted octanol–water partition coefficient (Wildman–Crippen LogP) is 1.75. The van der Waals surface area contributed by atoms with Gasteiger partial charge in [0, 0.05) is 30.3 Å². The van der Waals surface area contributed by atoms with Gasteiger partial charge < -0.3 is 20.5 Å². The number of hydrogen-bond donors (Lipinski definition) is 3. The van der Waals surface area contributed by atoms with E-state index >= 15 is 0 Å². The van der Waals surface area contributed by atoms with Crippen molar-refractivity contribution in [1.29, 1.82) is 0 Å². The van der Waals surface area contributed by atoms with Crippen LogP contribution in [0, 0.1) is 5.92 Å². The molecular weight excluding hydrogens is 244 g/mol. The molecule has 0 unspecified atom stereocenters. The zero-order valence-corrected chi connectivity index (χ0v) is 10.8. The summed E-state index contributed by atoms with van der Waals surface area (Å²) in [5.74, 6) is 0.834. The minimum absolute atomic E-state index is 0.0252. The molecule has 2 atom stereocenters. The summed E-state index contributed by atoms with van der Waals surface area (Å²) in [6, 6.07) is 6.88. The molecule has 0 bridgehead atoms. The highest BCUT2D eigenvalue weighted by Crippen LogP contribution is 2.18. The Morgan fingerprint density at radius 2 is 2.32 bits per heavy atom. The van der Waals surface area contributed by atoms with Crippen LogP contribution in [0.25, 0.3) is 0 Å². The van der Waals surface area contributed by atoms with E-state index in [0.717, 1.165) is 6.42 Å². The first-order valence-electron chi connectivity index (χ1n) is 6.22. The molecule has 0 aromatic heterocycles. The van der Waals surface area contributed by atoms with Gasteiger partial charge in [-0.3, -0.25) is 0 Å². The summed E-state index contributed by atoms with van der Waals surface area (Å²) < 4.78 is 5.09. The van der Waals surface area contributed by atoms with Crippen LogP contribution in [0.4, 0.5) is 10.5 Å². The second kappa shape index (κ2) is 6.24. The predicted molar refractivity (Wildman–Crippen MR) is 73.3 cm³/mol. The van der Waals surface area contributed by atoms with Crippen molar-refractivity contribution in [1.82, 2.24) is 5.32 Å². The molecule has 0 fully saturated rings. The summed E-state index contributed by atoms with van der Waals surface area (Å²) in [4.78, 5) is 11.8. The summed E-state index contributed by atoms with van der Waals surface area (Å²) in [6.07, 6.45) is 4.57. The number of ether oxygens (including phenoxy) is 1. The fourth-order valence-electron chi connectivity index (χ4n) is 2.05. The number of benzene rings is 1. The molecule has 0 aliphatic heterocycles. The Bertz CT molecular complexity index is 474. The van der Waals surface area contributed by atoms with Gasteiger partial charge in [0.05, 0.1) is 7.11 Å². The topological polar surface area (TPSA) is 70.6 Å². The molecule has 2 amide bonds. The zero-order chi connectivity index (χ0) is 13.7. The number of hydrogen-bond acceptors (Lipinski definition) is 3. The molecule has 0 saturated heterocycles. The number of methoxy groups -OCH3 is 1. The number of anilines is 1. The lowest BCUT2D eigenvalue weighted by molar-refractivity contribution is 0.238. The molecule has 1 aliphatic carbocycles. The van der Waals surface area contributed by atoms with Crippen molar-refractivity contribution < 1.29 is 14.6 Å². The average Bonchev–Trinajstić information content (AvgIpc) is 2.86. The highest BCUT2D eigenvalue weighted by Gasteiger charge is 2.19. The zero-order valence-electron chi connectivity index (χ0n) is 10.8. The van der Waals surface area contributed by atoms with Crippen molar-refractivity contribution in [2.45, 2.75) is 12.5 Å². The molecule has 3 N–H and O–H groups in total. The van der Waals surface area contributed by atoms with Crippen molar-refractivity contribution in [3.63, 3.8) is 0 Å². The molecule has 102 valence electrons. The van der Waals surface area contributed by atoms with Crippen LogP contribution in [-0.4, -0.2) is 30.9 Å². The van der Waals surface area contributed by atoms with Gasteiger partial charge in [-0.05, 0) is 18.6 Å². The van der Waals surface area contributed by atoms with Crippen LogP contribution in [0.15, 0.2) is 36.4 Å². The van der Waals surface area contributed by atoms with Crippen LogP contribution in [0.2, 0.25) is 0 Å². The molecule has 2 rings (SSSR count). The second-order valence-corrected chi connectivity index (χ2v) is 4.50. The van der Waals surface area contributed by atoms with Crippen LogP contribution in [0.5, 0.6) is 5.75 Å². The van der Waals surface area contributed by atoms with Crippen molar-refractivity contribution >= 4 is 11.7 Å². The molecule has 0 heterocycles. The Morgan fingerprint density at radius 3 is 3.00 bits per heavy atom. The largest absolute Gasteiger partial charge is 0.497 e. The standard InChI is InChI=1S/C14H18N2O3/c1-19-13-4-2-3-11(8-13)15-14(18)16-12-6-5-10(7-12)9-17/h2-6,8,10,12,17H,7,9H2,1H3,(H2,15,16,18)/t10-,12+/m0/s1. The molecule has 19 heavy (non-hydrogen) atoms. The van der Waals surface area contributed by atoms with Crippen molar-refractivity contribution in [3.05, 3.63) is 36.4 Å². The summed E-state index contributed by atoms with van der Waals surface area (Å²) in [6.45, 7) is 0.117. The minimum atomic E-state index is -0.263. The number of carbonyl (C=O) groups excluding carboxylic acids is 1. The van der Waals surface area contributed by atoms with E-state index in [1.807, 2.05) is 24.3 Å². The Balaban J connectivity index is 1.86. The normalized spacial score (nSPS) is 21.2. The number of nitrogens with one attached hydrogen (secondary N) is 2. The molecule has 5 nitrogen and oxygen atoms in total. The van der Waals surface area contributed by atoms with Gasteiger partial charge in [0.25, 0.3) is 0 Å². The van der Waals surface area contributed by atoms with Gasteiger partial charge in [-0.2, -0.15) is 0 Å². The van der Waals surface area contributed by atoms with Crippen LogP contribution >= 0.6 is 0 Å². The van der Waals surface area contributed by atoms with Crippen molar-refractivity contribution in [3.8, 4) is 5.75 Å². The first kappa shape index (κ1) is 13.4. The van der Waals surface area contributed by atoms with Gasteiger partial charge in [-0.25, -0.2) is 4.79 Å². The van der Waals surface area contributed by atoms with E-state index in [9.17, 15) is 4.79 Å². The molecule has 0 spiro atoms. The molecule has 1 aromatic rings. The van der Waals surface area contributed by atoms with E-state index in [-0.39, 0.29) is 24.6 Å². The van der Waals surface area contributed by atoms with Gasteiger partial charge in [-0.1, -0.05) is 18.2 Å². The third kappa shape index (κ3) is 3.72. The number of aliphatic hydroxyl groups excluding tert-OH is 1. The van der Waals surface area contributed by atoms with E-state index in [1.165, 1.54) is 0 Å². The Hall–Kier alpha value is -2.01. The lowest BCUT2D eigenvalue weighted by Gasteiger charge is -2.14. The van der Waals surface area contributed by atoms with Crippen LogP contribution in [-0.2, 0) is 0 Å². The quantitative estimate of drug-likeness (QED) is 0.724. The van der Waals surface area contributed by atoms with E-state index in [1.54, 1.807) is 19.2 Å². The molecule has 1 aromatic carbocycles. The number of aliphatic hydroxyl groups is 1. The number of rotatable bonds is 4.